The van der Waals surface area contributed by atoms with E-state index < -0.39 is 10.0 Å². The van der Waals surface area contributed by atoms with Gasteiger partial charge in [-0.15, -0.1) is 11.3 Å². The second-order valence-corrected chi connectivity index (χ2v) is 9.28. The summed E-state index contributed by atoms with van der Waals surface area (Å²) >= 11 is 1.43. The second-order valence-electron chi connectivity index (χ2n) is 5.99. The quantitative estimate of drug-likeness (QED) is 0.834. The Balaban J connectivity index is 1.76. The Morgan fingerprint density at radius 1 is 1.19 bits per heavy atom. The third kappa shape index (κ3) is 3.18. The van der Waals surface area contributed by atoms with E-state index in [1.54, 1.807) is 10.4 Å². The van der Waals surface area contributed by atoms with Gasteiger partial charge in [-0.25, -0.2) is 8.42 Å². The van der Waals surface area contributed by atoms with Crippen molar-refractivity contribution in [2.45, 2.75) is 49.3 Å². The van der Waals surface area contributed by atoms with Crippen molar-refractivity contribution in [1.82, 2.24) is 9.21 Å². The standard InChI is InChI=1S/C15H24N2O2S2/c1-2-14-7-8-15(20-14)21(18,19)17-11-5-6-13(17)12-16-9-3-4-10-16/h7-8,13H,2-6,9-12H2,1H3/t13-/m0/s1. The molecular formula is C15H24N2O2S2. The number of sulfonamides is 1. The second kappa shape index (κ2) is 6.36. The number of hydrogen-bond acceptors (Lipinski definition) is 4. The first-order valence-electron chi connectivity index (χ1n) is 7.94. The van der Waals surface area contributed by atoms with Gasteiger partial charge in [-0.3, -0.25) is 0 Å². The van der Waals surface area contributed by atoms with Crippen LogP contribution in [0.2, 0.25) is 0 Å². The SMILES string of the molecule is CCc1ccc(S(=O)(=O)N2CCC[C@H]2CN2CCCC2)s1. The number of likely N-dealkylation sites (tertiary alicyclic amines) is 1. The molecule has 0 aliphatic carbocycles. The average molecular weight is 329 g/mol. The first-order valence-corrected chi connectivity index (χ1v) is 10.2. The first-order chi connectivity index (χ1) is 10.1. The van der Waals surface area contributed by atoms with Crippen molar-refractivity contribution in [1.29, 1.82) is 0 Å². The predicted octanol–water partition coefficient (Wildman–Crippen LogP) is 2.56. The highest BCUT2D eigenvalue weighted by Crippen LogP contribution is 2.31. The molecule has 0 spiro atoms. The molecule has 0 radical (unpaired) electrons. The first kappa shape index (κ1) is 15.5. The van der Waals surface area contributed by atoms with Crippen molar-refractivity contribution >= 4 is 21.4 Å². The third-order valence-corrected chi connectivity index (χ3v) is 8.19. The van der Waals surface area contributed by atoms with Crippen LogP contribution in [0.15, 0.2) is 16.3 Å². The Hall–Kier alpha value is -0.430. The van der Waals surface area contributed by atoms with Crippen LogP contribution in [0.25, 0.3) is 0 Å². The molecule has 2 saturated heterocycles. The van der Waals surface area contributed by atoms with Crippen molar-refractivity contribution < 1.29 is 8.42 Å². The monoisotopic (exact) mass is 328 g/mol. The molecule has 0 unspecified atom stereocenters. The summed E-state index contributed by atoms with van der Waals surface area (Å²) in [6.45, 7) is 5.91. The van der Waals surface area contributed by atoms with E-state index in [-0.39, 0.29) is 6.04 Å². The van der Waals surface area contributed by atoms with E-state index >= 15 is 0 Å². The number of rotatable bonds is 5. The maximum Gasteiger partial charge on any atom is 0.252 e. The molecule has 4 nitrogen and oxygen atoms in total. The highest BCUT2D eigenvalue weighted by Gasteiger charge is 2.37. The van der Waals surface area contributed by atoms with Gasteiger partial charge in [0.15, 0.2) is 0 Å². The van der Waals surface area contributed by atoms with E-state index in [2.05, 4.69) is 11.8 Å². The van der Waals surface area contributed by atoms with Crippen molar-refractivity contribution in [2.75, 3.05) is 26.2 Å². The molecule has 118 valence electrons. The summed E-state index contributed by atoms with van der Waals surface area (Å²) in [5.41, 5.74) is 0. The molecular weight excluding hydrogens is 304 g/mol. The van der Waals surface area contributed by atoms with Gasteiger partial charge in [0.25, 0.3) is 10.0 Å². The smallest absolute Gasteiger partial charge is 0.252 e. The van der Waals surface area contributed by atoms with Crippen LogP contribution in [0.4, 0.5) is 0 Å². The average Bonchev–Trinajstić information content (AvgIpc) is 3.20. The maximum atomic E-state index is 12.9. The van der Waals surface area contributed by atoms with Gasteiger partial charge in [0.1, 0.15) is 4.21 Å². The minimum absolute atomic E-state index is 0.167. The summed E-state index contributed by atoms with van der Waals surface area (Å²) in [7, 11) is -3.29. The van der Waals surface area contributed by atoms with Crippen molar-refractivity contribution in [3.05, 3.63) is 17.0 Å². The molecule has 2 aliphatic heterocycles. The van der Waals surface area contributed by atoms with Crippen LogP contribution in [0.5, 0.6) is 0 Å². The van der Waals surface area contributed by atoms with E-state index in [4.69, 9.17) is 0 Å². The molecule has 0 bridgehead atoms. The third-order valence-electron chi connectivity index (χ3n) is 4.54. The van der Waals surface area contributed by atoms with Crippen LogP contribution in [-0.4, -0.2) is 49.8 Å². The van der Waals surface area contributed by atoms with Gasteiger partial charge < -0.3 is 4.90 Å². The number of aryl methyl sites for hydroxylation is 1. The van der Waals surface area contributed by atoms with E-state index in [0.29, 0.717) is 10.8 Å². The molecule has 0 amide bonds. The molecule has 6 heteroatoms. The zero-order valence-electron chi connectivity index (χ0n) is 12.6. The van der Waals surface area contributed by atoms with E-state index in [1.165, 1.54) is 24.2 Å². The lowest BCUT2D eigenvalue weighted by atomic mass is 10.2. The van der Waals surface area contributed by atoms with E-state index in [1.807, 2.05) is 6.07 Å². The Morgan fingerprint density at radius 2 is 1.95 bits per heavy atom. The van der Waals surface area contributed by atoms with Crippen molar-refractivity contribution in [3.8, 4) is 0 Å². The van der Waals surface area contributed by atoms with E-state index in [0.717, 1.165) is 43.8 Å². The molecule has 1 aromatic heterocycles. The van der Waals surface area contributed by atoms with Crippen LogP contribution in [0.1, 0.15) is 37.5 Å². The summed E-state index contributed by atoms with van der Waals surface area (Å²) in [6.07, 6.45) is 5.40. The summed E-state index contributed by atoms with van der Waals surface area (Å²) < 4.78 is 28.0. The fourth-order valence-electron chi connectivity index (χ4n) is 3.37. The number of thiophene rings is 1. The Labute approximate surface area is 131 Å². The Kier molecular flexibility index (Phi) is 4.69. The molecule has 2 fully saturated rings. The summed E-state index contributed by atoms with van der Waals surface area (Å²) in [5.74, 6) is 0. The van der Waals surface area contributed by atoms with Gasteiger partial charge in [-0.05, 0) is 57.3 Å². The lowest BCUT2D eigenvalue weighted by Crippen LogP contribution is -2.42. The highest BCUT2D eigenvalue weighted by molar-refractivity contribution is 7.91. The number of nitrogens with zero attached hydrogens (tertiary/aromatic N) is 2. The normalized spacial score (nSPS) is 24.9. The summed E-state index contributed by atoms with van der Waals surface area (Å²) in [6, 6.07) is 3.90. The van der Waals surface area contributed by atoms with Crippen molar-refractivity contribution in [3.63, 3.8) is 0 Å². The highest BCUT2D eigenvalue weighted by atomic mass is 32.2. The topological polar surface area (TPSA) is 40.6 Å². The van der Waals surface area contributed by atoms with Crippen LogP contribution in [0, 0.1) is 0 Å². The zero-order chi connectivity index (χ0) is 14.9. The van der Waals surface area contributed by atoms with Gasteiger partial charge >= 0.3 is 0 Å². The van der Waals surface area contributed by atoms with Gasteiger partial charge in [0.2, 0.25) is 0 Å². The molecule has 1 atom stereocenters. The van der Waals surface area contributed by atoms with Crippen LogP contribution in [0.3, 0.4) is 0 Å². The molecule has 0 aromatic carbocycles. The Bertz CT molecular complexity index is 576. The predicted molar refractivity (Wildman–Crippen MR) is 86.3 cm³/mol. The number of hydrogen-bond donors (Lipinski definition) is 0. The molecule has 0 N–H and O–H groups in total. The maximum absolute atomic E-state index is 12.9. The molecule has 3 rings (SSSR count). The van der Waals surface area contributed by atoms with Gasteiger partial charge in [-0.2, -0.15) is 4.31 Å². The fraction of sp³-hybridized carbons (Fsp3) is 0.733. The van der Waals surface area contributed by atoms with Gasteiger partial charge in [-0.1, -0.05) is 6.92 Å². The molecule has 1 aromatic rings. The molecule has 3 heterocycles. The van der Waals surface area contributed by atoms with Crippen LogP contribution in [-0.2, 0) is 16.4 Å². The van der Waals surface area contributed by atoms with Crippen LogP contribution < -0.4 is 0 Å². The summed E-state index contributed by atoms with van der Waals surface area (Å²) in [5, 5.41) is 0. The minimum Gasteiger partial charge on any atom is -0.302 e. The van der Waals surface area contributed by atoms with Gasteiger partial charge in [0.05, 0.1) is 0 Å². The van der Waals surface area contributed by atoms with Crippen LogP contribution >= 0.6 is 11.3 Å². The minimum atomic E-state index is -3.29. The lowest BCUT2D eigenvalue weighted by molar-refractivity contribution is 0.257. The van der Waals surface area contributed by atoms with Crippen molar-refractivity contribution in [2.24, 2.45) is 0 Å². The Morgan fingerprint density at radius 3 is 2.62 bits per heavy atom. The molecule has 21 heavy (non-hydrogen) atoms. The molecule has 2 aliphatic rings. The van der Waals surface area contributed by atoms with E-state index in [9.17, 15) is 8.42 Å². The molecule has 0 saturated carbocycles. The summed E-state index contributed by atoms with van der Waals surface area (Å²) in [4.78, 5) is 3.56. The zero-order valence-corrected chi connectivity index (χ0v) is 14.3. The fourth-order valence-corrected chi connectivity index (χ4v) is 6.48. The lowest BCUT2D eigenvalue weighted by Gasteiger charge is -2.27. The largest absolute Gasteiger partial charge is 0.302 e. The van der Waals surface area contributed by atoms with Gasteiger partial charge in [0, 0.05) is 24.0 Å².